The molecule has 0 spiro atoms. The maximum atomic E-state index is 4.92. The third kappa shape index (κ3) is 3.25. The number of hydrogen-bond donors (Lipinski definition) is 2. The van der Waals surface area contributed by atoms with Crippen LogP contribution in [-0.2, 0) is 6.54 Å². The van der Waals surface area contributed by atoms with Crippen molar-refractivity contribution in [1.82, 2.24) is 20.2 Å². The lowest BCUT2D eigenvalue weighted by Crippen LogP contribution is -2.43. The lowest BCUT2D eigenvalue weighted by molar-refractivity contribution is 0.231. The minimum Gasteiger partial charge on any atom is -0.340 e. The number of aromatic nitrogens is 2. The third-order valence-corrected chi connectivity index (χ3v) is 4.46. The maximum absolute atomic E-state index is 4.92. The summed E-state index contributed by atoms with van der Waals surface area (Å²) in [5.74, 6) is 0.944. The van der Waals surface area contributed by atoms with Crippen LogP contribution in [0.1, 0.15) is 5.69 Å². The van der Waals surface area contributed by atoms with Crippen LogP contribution in [0.25, 0.3) is 22.6 Å². The van der Waals surface area contributed by atoms with E-state index < -0.39 is 0 Å². The number of nitrogens with zero attached hydrogens (tertiary/aromatic N) is 2. The van der Waals surface area contributed by atoms with Gasteiger partial charge in [-0.3, -0.25) is 4.90 Å². The van der Waals surface area contributed by atoms with E-state index in [0.717, 1.165) is 49.8 Å². The first-order valence-electron chi connectivity index (χ1n) is 8.53. The van der Waals surface area contributed by atoms with Gasteiger partial charge in [-0.25, -0.2) is 4.98 Å². The Hall–Kier alpha value is -2.43. The predicted molar refractivity (Wildman–Crippen MR) is 97.6 cm³/mol. The van der Waals surface area contributed by atoms with Gasteiger partial charge < -0.3 is 10.3 Å². The number of H-pyrrole nitrogens is 1. The van der Waals surface area contributed by atoms with Crippen LogP contribution < -0.4 is 5.32 Å². The highest BCUT2D eigenvalue weighted by Gasteiger charge is 2.17. The molecule has 0 saturated carbocycles. The zero-order chi connectivity index (χ0) is 16.2. The molecule has 122 valence electrons. The van der Waals surface area contributed by atoms with E-state index in [-0.39, 0.29) is 0 Å². The van der Waals surface area contributed by atoms with E-state index in [9.17, 15) is 0 Å². The predicted octanol–water partition coefficient (Wildman–Crippen LogP) is 3.15. The molecular formula is C20H22N4. The molecule has 24 heavy (non-hydrogen) atoms. The molecule has 1 aliphatic rings. The Balaban J connectivity index is 1.71. The maximum Gasteiger partial charge on any atom is 0.138 e. The smallest absolute Gasteiger partial charge is 0.138 e. The highest BCUT2D eigenvalue weighted by atomic mass is 15.2. The summed E-state index contributed by atoms with van der Waals surface area (Å²) in [6.07, 6.45) is 0. The van der Waals surface area contributed by atoms with E-state index in [1.165, 1.54) is 11.3 Å². The van der Waals surface area contributed by atoms with Gasteiger partial charge in [0.25, 0.3) is 0 Å². The fourth-order valence-corrected chi connectivity index (χ4v) is 3.18. The van der Waals surface area contributed by atoms with E-state index in [2.05, 4.69) is 63.7 Å². The van der Waals surface area contributed by atoms with Gasteiger partial charge in [-0.05, 0) is 0 Å². The monoisotopic (exact) mass is 318 g/mol. The van der Waals surface area contributed by atoms with Gasteiger partial charge in [0.15, 0.2) is 0 Å². The van der Waals surface area contributed by atoms with Crippen LogP contribution in [0.2, 0.25) is 0 Å². The molecule has 1 aromatic heterocycles. The summed E-state index contributed by atoms with van der Waals surface area (Å²) in [7, 11) is 0. The summed E-state index contributed by atoms with van der Waals surface area (Å²) < 4.78 is 0. The SMILES string of the molecule is c1ccc(-c2nc(-c3ccccc3)c(CN3CCNCC3)[nH]2)cc1. The summed E-state index contributed by atoms with van der Waals surface area (Å²) in [6.45, 7) is 5.17. The largest absolute Gasteiger partial charge is 0.340 e. The molecule has 4 rings (SSSR count). The van der Waals surface area contributed by atoms with E-state index in [1.54, 1.807) is 0 Å². The van der Waals surface area contributed by atoms with Gasteiger partial charge in [-0.15, -0.1) is 0 Å². The molecule has 0 radical (unpaired) electrons. The summed E-state index contributed by atoms with van der Waals surface area (Å²) in [5, 5.41) is 3.41. The molecule has 0 unspecified atom stereocenters. The lowest BCUT2D eigenvalue weighted by Gasteiger charge is -2.26. The molecule has 2 heterocycles. The number of aromatic amines is 1. The summed E-state index contributed by atoms with van der Waals surface area (Å²) in [6, 6.07) is 20.8. The highest BCUT2D eigenvalue weighted by Crippen LogP contribution is 2.27. The van der Waals surface area contributed by atoms with Crippen molar-refractivity contribution in [2.45, 2.75) is 6.54 Å². The van der Waals surface area contributed by atoms with Gasteiger partial charge in [-0.1, -0.05) is 60.7 Å². The Labute approximate surface area is 142 Å². The second-order valence-electron chi connectivity index (χ2n) is 6.17. The van der Waals surface area contributed by atoms with E-state index >= 15 is 0 Å². The molecule has 1 aliphatic heterocycles. The second-order valence-corrected chi connectivity index (χ2v) is 6.17. The third-order valence-electron chi connectivity index (χ3n) is 4.46. The molecular weight excluding hydrogens is 296 g/mol. The van der Waals surface area contributed by atoms with Crippen molar-refractivity contribution >= 4 is 0 Å². The average molecular weight is 318 g/mol. The number of nitrogens with one attached hydrogen (secondary N) is 2. The number of rotatable bonds is 4. The molecule has 2 N–H and O–H groups in total. The lowest BCUT2D eigenvalue weighted by atomic mass is 10.1. The molecule has 2 aromatic carbocycles. The van der Waals surface area contributed by atoms with Crippen molar-refractivity contribution in [3.8, 4) is 22.6 Å². The minimum absolute atomic E-state index is 0.908. The van der Waals surface area contributed by atoms with E-state index in [1.807, 2.05) is 12.1 Å². The topological polar surface area (TPSA) is 44.0 Å². The Kier molecular flexibility index (Phi) is 4.40. The molecule has 0 bridgehead atoms. The number of piperazine rings is 1. The molecule has 3 aromatic rings. The first kappa shape index (κ1) is 15.1. The average Bonchev–Trinajstić information content (AvgIpc) is 3.08. The van der Waals surface area contributed by atoms with Gasteiger partial charge in [-0.2, -0.15) is 0 Å². The molecule has 4 nitrogen and oxygen atoms in total. The van der Waals surface area contributed by atoms with Crippen molar-refractivity contribution in [3.05, 3.63) is 66.4 Å². The van der Waals surface area contributed by atoms with Crippen LogP contribution in [0, 0.1) is 0 Å². The van der Waals surface area contributed by atoms with Gasteiger partial charge in [0.2, 0.25) is 0 Å². The second kappa shape index (κ2) is 6.99. The first-order chi connectivity index (χ1) is 11.9. The quantitative estimate of drug-likeness (QED) is 0.777. The summed E-state index contributed by atoms with van der Waals surface area (Å²) >= 11 is 0. The Morgan fingerprint density at radius 2 is 1.46 bits per heavy atom. The number of benzene rings is 2. The molecule has 0 amide bonds. The molecule has 1 saturated heterocycles. The van der Waals surface area contributed by atoms with Crippen LogP contribution in [0.3, 0.4) is 0 Å². The summed E-state index contributed by atoms with van der Waals surface area (Å²) in [4.78, 5) is 11.0. The van der Waals surface area contributed by atoms with Crippen molar-refractivity contribution in [1.29, 1.82) is 0 Å². The Morgan fingerprint density at radius 3 is 2.12 bits per heavy atom. The van der Waals surface area contributed by atoms with E-state index in [4.69, 9.17) is 4.98 Å². The highest BCUT2D eigenvalue weighted by molar-refractivity contribution is 5.67. The standard InChI is InChI=1S/C20H22N4/c1-3-7-16(8-4-1)19-18(15-24-13-11-21-12-14-24)22-20(23-19)17-9-5-2-6-10-17/h1-10,21H,11-15H2,(H,22,23). The van der Waals surface area contributed by atoms with Gasteiger partial charge >= 0.3 is 0 Å². The van der Waals surface area contributed by atoms with Gasteiger partial charge in [0, 0.05) is 43.9 Å². The Morgan fingerprint density at radius 1 is 0.833 bits per heavy atom. The first-order valence-corrected chi connectivity index (χ1v) is 8.53. The van der Waals surface area contributed by atoms with E-state index in [0.29, 0.717) is 0 Å². The van der Waals surface area contributed by atoms with Crippen molar-refractivity contribution in [2.75, 3.05) is 26.2 Å². The fourth-order valence-electron chi connectivity index (χ4n) is 3.18. The van der Waals surface area contributed by atoms with Gasteiger partial charge in [0.1, 0.15) is 5.82 Å². The molecule has 1 fully saturated rings. The zero-order valence-electron chi connectivity index (χ0n) is 13.7. The molecule has 0 aliphatic carbocycles. The number of imidazole rings is 1. The van der Waals surface area contributed by atoms with Crippen LogP contribution in [0.4, 0.5) is 0 Å². The van der Waals surface area contributed by atoms with Crippen molar-refractivity contribution < 1.29 is 0 Å². The molecule has 0 atom stereocenters. The fraction of sp³-hybridized carbons (Fsp3) is 0.250. The van der Waals surface area contributed by atoms with Crippen molar-refractivity contribution in [3.63, 3.8) is 0 Å². The minimum atomic E-state index is 0.908. The van der Waals surface area contributed by atoms with Gasteiger partial charge in [0.05, 0.1) is 11.4 Å². The zero-order valence-corrected chi connectivity index (χ0v) is 13.7. The summed E-state index contributed by atoms with van der Waals surface area (Å²) in [5.41, 5.74) is 4.55. The van der Waals surface area contributed by atoms with Crippen LogP contribution >= 0.6 is 0 Å². The number of hydrogen-bond acceptors (Lipinski definition) is 3. The van der Waals surface area contributed by atoms with Crippen LogP contribution in [0.15, 0.2) is 60.7 Å². The van der Waals surface area contributed by atoms with Crippen molar-refractivity contribution in [2.24, 2.45) is 0 Å². The van der Waals surface area contributed by atoms with Crippen LogP contribution in [0.5, 0.6) is 0 Å². The van der Waals surface area contributed by atoms with Crippen LogP contribution in [-0.4, -0.2) is 41.0 Å². The Bertz CT molecular complexity index is 774. The molecule has 4 heteroatoms. The normalized spacial score (nSPS) is 15.5.